The van der Waals surface area contributed by atoms with Crippen molar-refractivity contribution in [3.63, 3.8) is 0 Å². The smallest absolute Gasteiger partial charge is 0.326 e. The second-order valence-corrected chi connectivity index (χ2v) is 6.76. The third kappa shape index (κ3) is 3.75. The largest absolute Gasteiger partial charge is 0.399 e. The summed E-state index contributed by atoms with van der Waals surface area (Å²) >= 11 is 0. The van der Waals surface area contributed by atoms with Gasteiger partial charge < -0.3 is 16.0 Å². The number of carbonyl (C=O) groups is 3. The van der Waals surface area contributed by atoms with Gasteiger partial charge in [0, 0.05) is 25.7 Å². The van der Waals surface area contributed by atoms with Gasteiger partial charge in [-0.2, -0.15) is 0 Å². The van der Waals surface area contributed by atoms with E-state index in [4.69, 9.17) is 5.73 Å². The van der Waals surface area contributed by atoms with Gasteiger partial charge in [0.05, 0.1) is 6.04 Å². The molecule has 1 fully saturated rings. The molecule has 0 bridgehead atoms. The lowest BCUT2D eigenvalue weighted by atomic mass is 9.87. The molecule has 7 nitrogen and oxygen atoms in total. The number of nitrogens with one attached hydrogen (secondary N) is 1. The van der Waals surface area contributed by atoms with Crippen LogP contribution in [0.5, 0.6) is 0 Å². The van der Waals surface area contributed by atoms with Crippen LogP contribution < -0.4 is 11.1 Å². The topological polar surface area (TPSA) is 95.7 Å². The molecular weight excluding hydrogens is 320 g/mol. The second kappa shape index (κ2) is 7.13. The molecule has 1 saturated heterocycles. The number of benzene rings is 1. The van der Waals surface area contributed by atoms with Crippen molar-refractivity contribution >= 4 is 23.5 Å². The molecule has 1 aliphatic carbocycles. The van der Waals surface area contributed by atoms with E-state index in [2.05, 4.69) is 5.32 Å². The van der Waals surface area contributed by atoms with Gasteiger partial charge in [-0.1, -0.05) is 6.07 Å². The number of aryl methyl sites for hydroxylation is 1. The predicted molar refractivity (Wildman–Crippen MR) is 93.6 cm³/mol. The Morgan fingerprint density at radius 3 is 2.88 bits per heavy atom. The molecule has 0 radical (unpaired) electrons. The molecule has 25 heavy (non-hydrogen) atoms. The van der Waals surface area contributed by atoms with Crippen LogP contribution in [0.2, 0.25) is 0 Å². The Kier molecular flexibility index (Phi) is 4.92. The summed E-state index contributed by atoms with van der Waals surface area (Å²) in [5.74, 6) is -0.256. The number of imide groups is 1. The minimum atomic E-state index is -0.288. The Morgan fingerprint density at radius 2 is 2.16 bits per heavy atom. The van der Waals surface area contributed by atoms with Crippen LogP contribution in [-0.2, 0) is 16.0 Å². The lowest BCUT2D eigenvalue weighted by molar-refractivity contribution is -0.126. The predicted octanol–water partition coefficient (Wildman–Crippen LogP) is 1.44. The number of carbonyl (C=O) groups excluding carboxylic acids is 3. The minimum Gasteiger partial charge on any atom is -0.399 e. The lowest BCUT2D eigenvalue weighted by Gasteiger charge is -2.26. The molecule has 1 aromatic rings. The number of nitrogen functional groups attached to an aromatic ring is 1. The van der Waals surface area contributed by atoms with Crippen molar-refractivity contribution in [1.29, 1.82) is 0 Å². The quantitative estimate of drug-likeness (QED) is 0.624. The van der Waals surface area contributed by atoms with Crippen molar-refractivity contribution < 1.29 is 14.4 Å². The van der Waals surface area contributed by atoms with Gasteiger partial charge in [0.1, 0.15) is 6.54 Å². The van der Waals surface area contributed by atoms with E-state index in [1.807, 2.05) is 18.2 Å². The zero-order chi connectivity index (χ0) is 18.0. The summed E-state index contributed by atoms with van der Waals surface area (Å²) in [6.07, 6.45) is 3.68. The number of rotatable bonds is 5. The van der Waals surface area contributed by atoms with Crippen LogP contribution in [0.3, 0.4) is 0 Å². The van der Waals surface area contributed by atoms with Crippen LogP contribution in [0, 0.1) is 0 Å². The van der Waals surface area contributed by atoms with E-state index in [9.17, 15) is 14.4 Å². The molecular formula is C18H24N4O3. The summed E-state index contributed by atoms with van der Waals surface area (Å²) in [7, 11) is 1.60. The molecule has 4 amide bonds. The lowest BCUT2D eigenvalue weighted by Crippen LogP contribution is -2.34. The van der Waals surface area contributed by atoms with Gasteiger partial charge in [-0.25, -0.2) is 4.79 Å². The highest BCUT2D eigenvalue weighted by molar-refractivity contribution is 6.01. The Hall–Kier alpha value is -2.57. The highest BCUT2D eigenvalue weighted by Crippen LogP contribution is 2.31. The van der Waals surface area contributed by atoms with E-state index in [-0.39, 0.29) is 37.0 Å². The molecule has 0 saturated carbocycles. The van der Waals surface area contributed by atoms with Crippen LogP contribution in [0.25, 0.3) is 0 Å². The number of nitrogens with zero attached hydrogens (tertiary/aromatic N) is 2. The van der Waals surface area contributed by atoms with Gasteiger partial charge >= 0.3 is 6.03 Å². The van der Waals surface area contributed by atoms with Crippen molar-refractivity contribution in [1.82, 2.24) is 15.1 Å². The van der Waals surface area contributed by atoms with Crippen molar-refractivity contribution in [2.75, 3.05) is 25.9 Å². The number of hydrogen-bond donors (Lipinski definition) is 2. The molecule has 3 rings (SSSR count). The zero-order valence-electron chi connectivity index (χ0n) is 14.5. The van der Waals surface area contributed by atoms with Crippen LogP contribution in [0.1, 0.15) is 42.9 Å². The van der Waals surface area contributed by atoms with Gasteiger partial charge in [0.25, 0.3) is 0 Å². The fraction of sp³-hybridized carbons (Fsp3) is 0.500. The number of nitrogens with two attached hydrogens (primary N) is 1. The highest BCUT2D eigenvalue weighted by atomic mass is 16.2. The maximum atomic E-state index is 12.3. The van der Waals surface area contributed by atoms with E-state index in [1.54, 1.807) is 7.05 Å². The summed E-state index contributed by atoms with van der Waals surface area (Å²) in [4.78, 5) is 38.3. The van der Waals surface area contributed by atoms with Crippen molar-refractivity contribution in [3.8, 4) is 0 Å². The van der Waals surface area contributed by atoms with E-state index in [0.29, 0.717) is 12.8 Å². The number of urea groups is 1. The Balaban J connectivity index is 1.51. The van der Waals surface area contributed by atoms with E-state index >= 15 is 0 Å². The molecule has 7 heteroatoms. The summed E-state index contributed by atoms with van der Waals surface area (Å²) in [5.41, 5.74) is 8.92. The molecule has 0 aromatic heterocycles. The first kappa shape index (κ1) is 17.3. The van der Waals surface area contributed by atoms with E-state index in [1.165, 1.54) is 15.4 Å². The molecule has 134 valence electrons. The highest BCUT2D eigenvalue weighted by Gasteiger charge is 2.33. The van der Waals surface area contributed by atoms with Crippen molar-refractivity contribution in [2.45, 2.75) is 38.1 Å². The monoisotopic (exact) mass is 344 g/mol. The first-order chi connectivity index (χ1) is 12.0. The fourth-order valence-corrected chi connectivity index (χ4v) is 3.54. The number of anilines is 1. The van der Waals surface area contributed by atoms with Crippen LogP contribution in [-0.4, -0.2) is 47.8 Å². The standard InChI is InChI=1S/C18H24N4O3/c1-21-11-17(24)22(18(21)25)9-3-6-16(23)20-15-5-2-4-12-10-13(19)7-8-14(12)15/h7-8,10,15H,2-6,9,11,19H2,1H3,(H,20,23). The van der Waals surface area contributed by atoms with Gasteiger partial charge in [-0.3, -0.25) is 14.5 Å². The number of likely N-dealkylation sites (N-methyl/N-ethyl adjacent to an activating group) is 1. The second-order valence-electron chi connectivity index (χ2n) is 6.76. The van der Waals surface area contributed by atoms with E-state index in [0.717, 1.165) is 30.5 Å². The van der Waals surface area contributed by atoms with Crippen LogP contribution >= 0.6 is 0 Å². The number of fused-ring (bicyclic) bond motifs is 1. The molecule has 1 atom stereocenters. The Labute approximate surface area is 147 Å². The summed E-state index contributed by atoms with van der Waals surface area (Å²) in [6.45, 7) is 0.403. The summed E-state index contributed by atoms with van der Waals surface area (Å²) in [6, 6.07) is 5.56. The summed E-state index contributed by atoms with van der Waals surface area (Å²) in [5, 5.41) is 3.07. The van der Waals surface area contributed by atoms with Gasteiger partial charge in [-0.05, 0) is 48.9 Å². The minimum absolute atomic E-state index is 0.0121. The third-order valence-electron chi connectivity index (χ3n) is 4.83. The Morgan fingerprint density at radius 1 is 1.36 bits per heavy atom. The molecule has 0 spiro atoms. The third-order valence-corrected chi connectivity index (χ3v) is 4.83. The van der Waals surface area contributed by atoms with Crippen molar-refractivity contribution in [3.05, 3.63) is 29.3 Å². The maximum Gasteiger partial charge on any atom is 0.326 e. The molecule has 2 aliphatic rings. The number of hydrogen-bond acceptors (Lipinski definition) is 4. The maximum absolute atomic E-state index is 12.3. The first-order valence-electron chi connectivity index (χ1n) is 8.69. The average Bonchev–Trinajstić information content (AvgIpc) is 2.81. The fourth-order valence-electron chi connectivity index (χ4n) is 3.54. The summed E-state index contributed by atoms with van der Waals surface area (Å²) < 4.78 is 0. The molecule has 1 unspecified atom stereocenters. The van der Waals surface area contributed by atoms with Crippen LogP contribution in [0.4, 0.5) is 10.5 Å². The van der Waals surface area contributed by atoms with Gasteiger partial charge in [0.2, 0.25) is 11.8 Å². The van der Waals surface area contributed by atoms with Gasteiger partial charge in [0.15, 0.2) is 0 Å². The molecule has 3 N–H and O–H groups in total. The molecule has 1 aliphatic heterocycles. The molecule has 1 aromatic carbocycles. The average molecular weight is 344 g/mol. The molecule has 1 heterocycles. The van der Waals surface area contributed by atoms with Crippen molar-refractivity contribution in [2.24, 2.45) is 0 Å². The number of amides is 4. The first-order valence-corrected chi connectivity index (χ1v) is 8.69. The van der Waals surface area contributed by atoms with Gasteiger partial charge in [-0.15, -0.1) is 0 Å². The SMILES string of the molecule is CN1CC(=O)N(CCCC(=O)NC2CCCc3cc(N)ccc32)C1=O. The normalized spacial score (nSPS) is 20.0. The van der Waals surface area contributed by atoms with E-state index < -0.39 is 0 Å². The zero-order valence-corrected chi connectivity index (χ0v) is 14.5. The Bertz CT molecular complexity index is 704. The van der Waals surface area contributed by atoms with Crippen LogP contribution in [0.15, 0.2) is 18.2 Å².